The molecule has 1 heterocycles. The summed E-state index contributed by atoms with van der Waals surface area (Å²) in [6.45, 7) is 2.33. The first-order chi connectivity index (χ1) is 10.7. The second kappa shape index (κ2) is 5.29. The van der Waals surface area contributed by atoms with E-state index >= 15 is 0 Å². The quantitative estimate of drug-likeness (QED) is 0.724. The molecule has 1 aromatic heterocycles. The Balaban J connectivity index is 1.82. The zero-order chi connectivity index (χ0) is 15.1. The number of benzene rings is 2. The van der Waals surface area contributed by atoms with Gasteiger partial charge < -0.3 is 10.7 Å². The summed E-state index contributed by atoms with van der Waals surface area (Å²) in [6, 6.07) is 19.6. The Morgan fingerprint density at radius 3 is 2.59 bits per heavy atom. The number of H-pyrrole nitrogens is 1. The monoisotopic (exact) mass is 290 g/mol. The van der Waals surface area contributed by atoms with Gasteiger partial charge in [-0.05, 0) is 36.0 Å². The van der Waals surface area contributed by atoms with Gasteiger partial charge in [-0.25, -0.2) is 0 Å². The summed E-state index contributed by atoms with van der Waals surface area (Å²) in [5, 5.41) is 1.35. The molecule has 2 heteroatoms. The molecule has 0 saturated heterocycles. The van der Waals surface area contributed by atoms with Gasteiger partial charge >= 0.3 is 0 Å². The van der Waals surface area contributed by atoms with E-state index in [4.69, 9.17) is 5.73 Å². The Kier molecular flexibility index (Phi) is 3.27. The first kappa shape index (κ1) is 13.6. The maximum Gasteiger partial charge on any atom is 0.0459 e. The van der Waals surface area contributed by atoms with Gasteiger partial charge in [-0.15, -0.1) is 0 Å². The van der Waals surface area contributed by atoms with E-state index in [0.717, 1.165) is 12.8 Å². The molecule has 2 nitrogen and oxygen atoms in total. The molecule has 4 rings (SSSR count). The summed E-state index contributed by atoms with van der Waals surface area (Å²) in [5.41, 5.74) is 11.9. The Morgan fingerprint density at radius 2 is 1.77 bits per heavy atom. The van der Waals surface area contributed by atoms with Crippen LogP contribution in [0.4, 0.5) is 0 Å². The van der Waals surface area contributed by atoms with Crippen LogP contribution in [0.1, 0.15) is 42.0 Å². The van der Waals surface area contributed by atoms with Crippen LogP contribution in [0.15, 0.2) is 54.6 Å². The summed E-state index contributed by atoms with van der Waals surface area (Å²) in [5.74, 6) is 0.938. The molecule has 0 saturated carbocycles. The molecule has 22 heavy (non-hydrogen) atoms. The fourth-order valence-electron chi connectivity index (χ4n) is 3.99. The van der Waals surface area contributed by atoms with Crippen LogP contribution in [0.25, 0.3) is 10.9 Å². The number of fused-ring (bicyclic) bond motifs is 3. The van der Waals surface area contributed by atoms with Crippen molar-refractivity contribution in [3.63, 3.8) is 0 Å². The van der Waals surface area contributed by atoms with E-state index < -0.39 is 0 Å². The number of hydrogen-bond acceptors (Lipinski definition) is 1. The highest BCUT2D eigenvalue weighted by molar-refractivity contribution is 5.85. The van der Waals surface area contributed by atoms with Crippen LogP contribution in [0.2, 0.25) is 0 Å². The van der Waals surface area contributed by atoms with Crippen LogP contribution < -0.4 is 5.73 Å². The molecule has 3 N–H and O–H groups in total. The van der Waals surface area contributed by atoms with Crippen molar-refractivity contribution in [2.45, 2.75) is 37.6 Å². The van der Waals surface area contributed by atoms with Crippen molar-refractivity contribution >= 4 is 10.9 Å². The Morgan fingerprint density at radius 1 is 1.05 bits per heavy atom. The van der Waals surface area contributed by atoms with Gasteiger partial charge in [0, 0.05) is 28.6 Å². The van der Waals surface area contributed by atoms with Crippen LogP contribution >= 0.6 is 0 Å². The third-order valence-corrected chi connectivity index (χ3v) is 5.17. The first-order valence-corrected chi connectivity index (χ1v) is 8.14. The molecule has 2 aromatic carbocycles. The van der Waals surface area contributed by atoms with Crippen LogP contribution in [0.3, 0.4) is 0 Å². The van der Waals surface area contributed by atoms with Crippen LogP contribution in [0, 0.1) is 0 Å². The Labute approximate surface area is 131 Å². The summed E-state index contributed by atoms with van der Waals surface area (Å²) in [6.07, 6.45) is 2.03. The average molecular weight is 290 g/mol. The van der Waals surface area contributed by atoms with Gasteiger partial charge in [0.05, 0.1) is 0 Å². The molecule has 112 valence electrons. The number of rotatable bonds is 2. The summed E-state index contributed by atoms with van der Waals surface area (Å²) < 4.78 is 0. The van der Waals surface area contributed by atoms with E-state index in [1.807, 2.05) is 0 Å². The topological polar surface area (TPSA) is 41.8 Å². The van der Waals surface area contributed by atoms with Gasteiger partial charge in [0.15, 0.2) is 0 Å². The second-order valence-corrected chi connectivity index (χ2v) is 6.57. The number of aromatic nitrogens is 1. The van der Waals surface area contributed by atoms with Crippen molar-refractivity contribution in [1.82, 2.24) is 4.98 Å². The minimum atomic E-state index is 0.253. The minimum absolute atomic E-state index is 0.253. The number of para-hydroxylation sites is 1. The third-order valence-electron chi connectivity index (χ3n) is 5.17. The molecule has 0 amide bonds. The number of nitrogens with one attached hydrogen (secondary N) is 1. The average Bonchev–Trinajstić information content (AvgIpc) is 2.93. The van der Waals surface area contributed by atoms with Crippen LogP contribution in [-0.4, -0.2) is 11.0 Å². The fraction of sp³-hybridized carbons (Fsp3) is 0.300. The van der Waals surface area contributed by atoms with Crippen molar-refractivity contribution in [2.24, 2.45) is 5.73 Å². The highest BCUT2D eigenvalue weighted by atomic mass is 14.8. The minimum Gasteiger partial charge on any atom is -0.358 e. The van der Waals surface area contributed by atoms with Gasteiger partial charge in [0.2, 0.25) is 0 Å². The van der Waals surface area contributed by atoms with Crippen molar-refractivity contribution in [2.75, 3.05) is 0 Å². The molecule has 0 fully saturated rings. The van der Waals surface area contributed by atoms with Crippen LogP contribution in [-0.2, 0) is 6.42 Å². The van der Waals surface area contributed by atoms with Gasteiger partial charge in [0.25, 0.3) is 0 Å². The van der Waals surface area contributed by atoms with Crippen molar-refractivity contribution in [3.8, 4) is 0 Å². The molecular weight excluding hydrogens is 268 g/mol. The predicted molar refractivity (Wildman–Crippen MR) is 92.2 cm³/mol. The standard InChI is InChI=1S/C20H22N2/c1-13(14-7-3-2-4-8-14)17-11-15(21)12-18-16-9-5-6-10-19(16)22-20(17)18/h2-10,13,15,17,22H,11-12,21H2,1H3/t13-,15?,17?/m0/s1. The number of nitrogens with two attached hydrogens (primary N) is 1. The van der Waals surface area contributed by atoms with Gasteiger partial charge in [0.1, 0.15) is 0 Å². The maximum absolute atomic E-state index is 6.39. The van der Waals surface area contributed by atoms with Crippen molar-refractivity contribution in [1.29, 1.82) is 0 Å². The molecule has 3 aromatic rings. The molecular formula is C20H22N2. The van der Waals surface area contributed by atoms with E-state index in [2.05, 4.69) is 66.5 Å². The van der Waals surface area contributed by atoms with Crippen molar-refractivity contribution < 1.29 is 0 Å². The van der Waals surface area contributed by atoms with E-state index in [-0.39, 0.29) is 6.04 Å². The third kappa shape index (κ3) is 2.15. The van der Waals surface area contributed by atoms with Gasteiger partial charge in [-0.1, -0.05) is 55.5 Å². The highest BCUT2D eigenvalue weighted by Crippen LogP contribution is 2.43. The zero-order valence-corrected chi connectivity index (χ0v) is 12.9. The lowest BCUT2D eigenvalue weighted by Gasteiger charge is -2.32. The summed E-state index contributed by atoms with van der Waals surface area (Å²) in [7, 11) is 0. The Bertz CT molecular complexity index is 788. The number of hydrogen-bond donors (Lipinski definition) is 2. The smallest absolute Gasteiger partial charge is 0.0459 e. The lowest BCUT2D eigenvalue weighted by Crippen LogP contribution is -2.32. The SMILES string of the molecule is C[C@@H](c1ccccc1)C1CC(N)Cc2c1[nH]c1ccccc21. The molecule has 0 aliphatic heterocycles. The maximum atomic E-state index is 6.39. The van der Waals surface area contributed by atoms with Crippen molar-refractivity contribution in [3.05, 3.63) is 71.4 Å². The molecule has 0 radical (unpaired) electrons. The van der Waals surface area contributed by atoms with E-state index in [0.29, 0.717) is 11.8 Å². The largest absolute Gasteiger partial charge is 0.358 e. The van der Waals surface area contributed by atoms with Gasteiger partial charge in [-0.3, -0.25) is 0 Å². The summed E-state index contributed by atoms with van der Waals surface area (Å²) in [4.78, 5) is 3.68. The fourth-order valence-corrected chi connectivity index (χ4v) is 3.99. The molecule has 1 aliphatic rings. The van der Waals surface area contributed by atoms with Crippen LogP contribution in [0.5, 0.6) is 0 Å². The predicted octanol–water partition coefficient (Wildman–Crippen LogP) is 4.33. The zero-order valence-electron chi connectivity index (χ0n) is 12.9. The molecule has 3 atom stereocenters. The molecule has 0 spiro atoms. The van der Waals surface area contributed by atoms with E-state index in [1.165, 1.54) is 27.7 Å². The first-order valence-electron chi connectivity index (χ1n) is 8.14. The van der Waals surface area contributed by atoms with E-state index in [1.54, 1.807) is 0 Å². The summed E-state index contributed by atoms with van der Waals surface area (Å²) >= 11 is 0. The van der Waals surface area contributed by atoms with Gasteiger partial charge in [-0.2, -0.15) is 0 Å². The Hall–Kier alpha value is -2.06. The second-order valence-electron chi connectivity index (χ2n) is 6.57. The lowest BCUT2D eigenvalue weighted by molar-refractivity contribution is 0.437. The number of aromatic amines is 1. The lowest BCUT2D eigenvalue weighted by atomic mass is 9.75. The molecule has 1 aliphatic carbocycles. The van der Waals surface area contributed by atoms with E-state index in [9.17, 15) is 0 Å². The highest BCUT2D eigenvalue weighted by Gasteiger charge is 2.32. The molecule has 0 bridgehead atoms. The molecule has 2 unspecified atom stereocenters. The normalized spacial score (nSPS) is 22.5.